The van der Waals surface area contributed by atoms with Crippen LogP contribution in [0.15, 0.2) is 23.1 Å². The lowest BCUT2D eigenvalue weighted by molar-refractivity contribution is 0.346. The van der Waals surface area contributed by atoms with Crippen molar-refractivity contribution in [2.75, 3.05) is 24.6 Å². The van der Waals surface area contributed by atoms with Gasteiger partial charge >= 0.3 is 0 Å². The highest BCUT2D eigenvalue weighted by atomic mass is 35.5. The molecule has 1 aliphatic rings. The molecular formula is C13H18ClN5O2S. The van der Waals surface area contributed by atoms with Gasteiger partial charge in [-0.2, -0.15) is 9.29 Å². The van der Waals surface area contributed by atoms with E-state index < -0.39 is 10.0 Å². The van der Waals surface area contributed by atoms with E-state index in [4.69, 9.17) is 11.5 Å². The minimum atomic E-state index is -3.49. The van der Waals surface area contributed by atoms with Gasteiger partial charge < -0.3 is 11.5 Å². The first-order valence-electron chi connectivity index (χ1n) is 6.81. The molecule has 9 heteroatoms. The lowest BCUT2D eigenvalue weighted by Crippen LogP contribution is -2.35. The standard InChI is InChI=1S/C13H17N5O2S.ClH/c14-12-10-8-9(4-5-11(10)16-13(15)17-12)21(19,20)18-6-2-1-3-7-18;/h4-5,8H,1-3,6-7H2,(H4,14,15,16,17);1H. The Kier molecular flexibility index (Phi) is 4.74. The summed E-state index contributed by atoms with van der Waals surface area (Å²) in [5.74, 6) is 0.264. The second kappa shape index (κ2) is 6.23. The minimum Gasteiger partial charge on any atom is -0.383 e. The Hall–Kier alpha value is -1.64. The molecule has 0 saturated carbocycles. The van der Waals surface area contributed by atoms with E-state index in [1.807, 2.05) is 0 Å². The average molecular weight is 344 g/mol. The predicted octanol–water partition coefficient (Wildman–Crippen LogP) is 1.39. The number of halogens is 1. The van der Waals surface area contributed by atoms with Gasteiger partial charge in [0.15, 0.2) is 0 Å². The van der Waals surface area contributed by atoms with Crippen molar-refractivity contribution in [3.63, 3.8) is 0 Å². The molecule has 0 atom stereocenters. The zero-order valence-corrected chi connectivity index (χ0v) is 13.5. The van der Waals surface area contributed by atoms with E-state index in [1.54, 1.807) is 6.07 Å². The number of anilines is 2. The lowest BCUT2D eigenvalue weighted by Gasteiger charge is -2.25. The topological polar surface area (TPSA) is 115 Å². The van der Waals surface area contributed by atoms with Gasteiger partial charge in [-0.1, -0.05) is 6.42 Å². The Morgan fingerprint density at radius 2 is 1.73 bits per heavy atom. The molecule has 0 radical (unpaired) electrons. The molecule has 0 bridgehead atoms. The minimum absolute atomic E-state index is 0. The van der Waals surface area contributed by atoms with Crippen LogP contribution in [0.1, 0.15) is 19.3 Å². The molecule has 7 nitrogen and oxygen atoms in total. The Bertz CT molecular complexity index is 790. The van der Waals surface area contributed by atoms with E-state index in [2.05, 4.69) is 9.97 Å². The van der Waals surface area contributed by atoms with Crippen LogP contribution in [0.3, 0.4) is 0 Å². The molecule has 120 valence electrons. The zero-order chi connectivity index (χ0) is 15.0. The Morgan fingerprint density at radius 3 is 2.41 bits per heavy atom. The molecule has 0 aliphatic carbocycles. The van der Waals surface area contributed by atoms with E-state index in [0.29, 0.717) is 24.0 Å². The van der Waals surface area contributed by atoms with E-state index in [1.165, 1.54) is 16.4 Å². The number of nitrogens with zero attached hydrogens (tertiary/aromatic N) is 3. The summed E-state index contributed by atoms with van der Waals surface area (Å²) in [4.78, 5) is 8.14. The highest BCUT2D eigenvalue weighted by molar-refractivity contribution is 7.89. The van der Waals surface area contributed by atoms with Crippen molar-refractivity contribution in [1.82, 2.24) is 14.3 Å². The van der Waals surface area contributed by atoms with Crippen LogP contribution in [0.5, 0.6) is 0 Å². The van der Waals surface area contributed by atoms with Gasteiger partial charge in [0.05, 0.1) is 10.4 Å². The van der Waals surface area contributed by atoms with Gasteiger partial charge in [0.1, 0.15) is 5.82 Å². The van der Waals surface area contributed by atoms with Crippen molar-refractivity contribution in [2.45, 2.75) is 24.2 Å². The number of hydrogen-bond acceptors (Lipinski definition) is 6. The number of nitrogens with two attached hydrogens (primary N) is 2. The molecule has 0 unspecified atom stereocenters. The number of fused-ring (bicyclic) bond motifs is 1. The number of benzene rings is 1. The molecule has 1 saturated heterocycles. The third kappa shape index (κ3) is 2.94. The number of nitrogen functional groups attached to an aromatic ring is 2. The molecule has 2 aromatic rings. The van der Waals surface area contributed by atoms with Crippen LogP contribution in [0, 0.1) is 0 Å². The normalized spacial score (nSPS) is 16.4. The van der Waals surface area contributed by atoms with E-state index in [-0.39, 0.29) is 29.1 Å². The van der Waals surface area contributed by atoms with Crippen LogP contribution in [-0.2, 0) is 10.0 Å². The summed E-state index contributed by atoms with van der Waals surface area (Å²) in [5.41, 5.74) is 11.9. The summed E-state index contributed by atoms with van der Waals surface area (Å²) < 4.78 is 26.8. The maximum Gasteiger partial charge on any atom is 0.243 e. The van der Waals surface area contributed by atoms with Gasteiger partial charge in [0.2, 0.25) is 16.0 Å². The molecular weight excluding hydrogens is 326 g/mol. The van der Waals surface area contributed by atoms with Crippen molar-refractivity contribution in [3.8, 4) is 0 Å². The first-order chi connectivity index (χ1) is 9.98. The van der Waals surface area contributed by atoms with Gasteiger partial charge in [-0.25, -0.2) is 13.4 Å². The maximum absolute atomic E-state index is 12.6. The number of hydrogen-bond donors (Lipinski definition) is 2. The first-order valence-corrected chi connectivity index (χ1v) is 8.25. The SMILES string of the molecule is Cl.Nc1nc(N)c2cc(S(=O)(=O)N3CCCCC3)ccc2n1. The smallest absolute Gasteiger partial charge is 0.243 e. The second-order valence-electron chi connectivity index (χ2n) is 5.11. The Labute approximate surface area is 135 Å². The van der Waals surface area contributed by atoms with Gasteiger partial charge in [-0.15, -0.1) is 12.4 Å². The van der Waals surface area contributed by atoms with Crippen LogP contribution in [-0.4, -0.2) is 35.8 Å². The third-order valence-electron chi connectivity index (χ3n) is 3.67. The first kappa shape index (κ1) is 16.7. The molecule has 0 amide bonds. The molecule has 2 heterocycles. The Morgan fingerprint density at radius 1 is 1.05 bits per heavy atom. The summed E-state index contributed by atoms with van der Waals surface area (Å²) in [6.07, 6.45) is 2.87. The van der Waals surface area contributed by atoms with Crippen LogP contribution < -0.4 is 11.5 Å². The summed E-state index contributed by atoms with van der Waals surface area (Å²) in [6, 6.07) is 4.67. The monoisotopic (exact) mass is 343 g/mol. The molecule has 22 heavy (non-hydrogen) atoms. The van der Waals surface area contributed by atoms with Crippen molar-refractivity contribution in [3.05, 3.63) is 18.2 Å². The molecule has 1 aromatic heterocycles. The Balaban J connectivity index is 0.00000176. The van der Waals surface area contributed by atoms with Crippen molar-refractivity contribution >= 4 is 45.1 Å². The molecule has 3 rings (SSSR count). The summed E-state index contributed by atoms with van der Waals surface area (Å²) in [5, 5.41) is 0.502. The van der Waals surface area contributed by atoms with Crippen molar-refractivity contribution < 1.29 is 8.42 Å². The fourth-order valence-electron chi connectivity index (χ4n) is 2.56. The fourth-order valence-corrected chi connectivity index (χ4v) is 4.11. The quantitative estimate of drug-likeness (QED) is 0.851. The van der Waals surface area contributed by atoms with Crippen LogP contribution in [0.2, 0.25) is 0 Å². The summed E-state index contributed by atoms with van der Waals surface area (Å²) in [6.45, 7) is 1.13. The number of rotatable bonds is 2. The lowest BCUT2D eigenvalue weighted by atomic mass is 10.2. The van der Waals surface area contributed by atoms with E-state index >= 15 is 0 Å². The summed E-state index contributed by atoms with van der Waals surface area (Å²) in [7, 11) is -3.49. The van der Waals surface area contributed by atoms with Crippen LogP contribution in [0.25, 0.3) is 10.9 Å². The summed E-state index contributed by atoms with van der Waals surface area (Å²) >= 11 is 0. The third-order valence-corrected chi connectivity index (χ3v) is 5.56. The number of sulfonamides is 1. The molecule has 1 aromatic carbocycles. The molecule has 4 N–H and O–H groups in total. The number of piperidine rings is 1. The zero-order valence-electron chi connectivity index (χ0n) is 11.9. The number of aromatic nitrogens is 2. The largest absolute Gasteiger partial charge is 0.383 e. The van der Waals surface area contributed by atoms with E-state index in [9.17, 15) is 8.42 Å². The van der Waals surface area contributed by atoms with Crippen LogP contribution >= 0.6 is 12.4 Å². The fraction of sp³-hybridized carbons (Fsp3) is 0.385. The second-order valence-corrected chi connectivity index (χ2v) is 7.05. The molecule has 1 aliphatic heterocycles. The highest BCUT2D eigenvalue weighted by Gasteiger charge is 2.26. The van der Waals surface area contributed by atoms with Gasteiger partial charge in [0, 0.05) is 18.5 Å². The van der Waals surface area contributed by atoms with Crippen molar-refractivity contribution in [1.29, 1.82) is 0 Å². The average Bonchev–Trinajstić information content (AvgIpc) is 2.47. The molecule has 1 fully saturated rings. The predicted molar refractivity (Wildman–Crippen MR) is 88.2 cm³/mol. The van der Waals surface area contributed by atoms with Crippen molar-refractivity contribution in [2.24, 2.45) is 0 Å². The highest BCUT2D eigenvalue weighted by Crippen LogP contribution is 2.26. The van der Waals surface area contributed by atoms with E-state index in [0.717, 1.165) is 19.3 Å². The van der Waals surface area contributed by atoms with Gasteiger partial charge in [-0.05, 0) is 31.0 Å². The maximum atomic E-state index is 12.6. The van der Waals surface area contributed by atoms with Gasteiger partial charge in [-0.3, -0.25) is 0 Å². The van der Waals surface area contributed by atoms with Gasteiger partial charge in [0.25, 0.3) is 0 Å². The van der Waals surface area contributed by atoms with Crippen LogP contribution in [0.4, 0.5) is 11.8 Å². The molecule has 0 spiro atoms.